The molecule has 0 bridgehead atoms. The third kappa shape index (κ3) is 3.55. The lowest BCUT2D eigenvalue weighted by molar-refractivity contribution is 0.231. The fourth-order valence-electron chi connectivity index (χ4n) is 3.29. The molecule has 5 heteroatoms. The number of hydrogen-bond acceptors (Lipinski definition) is 4. The quantitative estimate of drug-likeness (QED) is 0.717. The van der Waals surface area contributed by atoms with Gasteiger partial charge >= 0.3 is 0 Å². The van der Waals surface area contributed by atoms with Crippen LogP contribution in [0.25, 0.3) is 11.0 Å². The molecule has 128 valence electrons. The van der Waals surface area contributed by atoms with E-state index >= 15 is 0 Å². The molecule has 0 aliphatic carbocycles. The highest BCUT2D eigenvalue weighted by molar-refractivity contribution is 6.30. The zero-order valence-electron chi connectivity index (χ0n) is 13.8. The van der Waals surface area contributed by atoms with Crippen molar-refractivity contribution in [2.75, 3.05) is 31.1 Å². The van der Waals surface area contributed by atoms with E-state index in [9.17, 15) is 4.79 Å². The molecule has 1 saturated heterocycles. The number of benzene rings is 2. The van der Waals surface area contributed by atoms with Crippen LogP contribution in [0.1, 0.15) is 5.76 Å². The highest BCUT2D eigenvalue weighted by atomic mass is 35.5. The largest absolute Gasteiger partial charge is 0.459 e. The lowest BCUT2D eigenvalue weighted by Gasteiger charge is -2.35. The van der Waals surface area contributed by atoms with Crippen LogP contribution in [0.2, 0.25) is 5.02 Å². The predicted octanol–water partition coefficient (Wildman–Crippen LogP) is 3.77. The highest BCUT2D eigenvalue weighted by Gasteiger charge is 2.18. The van der Waals surface area contributed by atoms with Gasteiger partial charge in [0.1, 0.15) is 11.3 Å². The Balaban J connectivity index is 1.44. The molecule has 2 heterocycles. The Bertz CT molecular complexity index is 946. The first-order valence-electron chi connectivity index (χ1n) is 8.44. The van der Waals surface area contributed by atoms with Gasteiger partial charge in [0.05, 0.1) is 11.9 Å². The van der Waals surface area contributed by atoms with Crippen LogP contribution in [-0.2, 0) is 6.54 Å². The van der Waals surface area contributed by atoms with Crippen LogP contribution in [0.5, 0.6) is 0 Å². The summed E-state index contributed by atoms with van der Waals surface area (Å²) in [5.74, 6) is 0.722. The maximum Gasteiger partial charge on any atom is 0.192 e. The maximum absolute atomic E-state index is 12.2. The van der Waals surface area contributed by atoms with Crippen molar-refractivity contribution in [1.82, 2.24) is 4.90 Å². The molecule has 0 N–H and O–H groups in total. The Labute approximate surface area is 151 Å². The van der Waals surface area contributed by atoms with Crippen molar-refractivity contribution in [1.29, 1.82) is 0 Å². The molecule has 3 aromatic rings. The van der Waals surface area contributed by atoms with Crippen molar-refractivity contribution in [3.05, 3.63) is 75.6 Å². The molecule has 0 radical (unpaired) electrons. The van der Waals surface area contributed by atoms with E-state index in [0.717, 1.165) is 42.6 Å². The van der Waals surface area contributed by atoms with Crippen molar-refractivity contribution in [3.8, 4) is 0 Å². The molecule has 1 aliphatic rings. The van der Waals surface area contributed by atoms with Gasteiger partial charge in [-0.3, -0.25) is 9.69 Å². The fraction of sp³-hybridized carbons (Fsp3) is 0.250. The average Bonchev–Trinajstić information content (AvgIpc) is 2.62. The summed E-state index contributed by atoms with van der Waals surface area (Å²) >= 11 is 6.08. The highest BCUT2D eigenvalue weighted by Crippen LogP contribution is 2.21. The van der Waals surface area contributed by atoms with Crippen LogP contribution in [0.15, 0.2) is 63.8 Å². The van der Waals surface area contributed by atoms with E-state index in [1.807, 2.05) is 36.4 Å². The fourth-order valence-corrected chi connectivity index (χ4v) is 3.47. The van der Waals surface area contributed by atoms with Crippen molar-refractivity contribution in [2.45, 2.75) is 6.54 Å². The van der Waals surface area contributed by atoms with Gasteiger partial charge in [-0.15, -0.1) is 0 Å². The minimum atomic E-state index is 0.0226. The summed E-state index contributed by atoms with van der Waals surface area (Å²) in [6.07, 6.45) is 0. The van der Waals surface area contributed by atoms with Gasteiger partial charge in [0, 0.05) is 43.0 Å². The molecule has 1 fully saturated rings. The summed E-state index contributed by atoms with van der Waals surface area (Å²) in [5, 5.41) is 1.40. The van der Waals surface area contributed by atoms with Gasteiger partial charge in [-0.2, -0.15) is 0 Å². The van der Waals surface area contributed by atoms with Crippen molar-refractivity contribution >= 4 is 28.3 Å². The third-order valence-electron chi connectivity index (χ3n) is 4.61. The number of para-hydroxylation sites is 1. The predicted molar refractivity (Wildman–Crippen MR) is 101 cm³/mol. The Morgan fingerprint density at radius 2 is 1.76 bits per heavy atom. The van der Waals surface area contributed by atoms with Crippen LogP contribution in [0, 0.1) is 0 Å². The Hall–Kier alpha value is -2.30. The molecule has 25 heavy (non-hydrogen) atoms. The normalized spacial score (nSPS) is 15.6. The first-order chi connectivity index (χ1) is 12.2. The van der Waals surface area contributed by atoms with E-state index < -0.39 is 0 Å². The molecular weight excluding hydrogens is 336 g/mol. The number of nitrogens with zero attached hydrogens (tertiary/aromatic N) is 2. The van der Waals surface area contributed by atoms with Crippen LogP contribution in [0.3, 0.4) is 0 Å². The lowest BCUT2D eigenvalue weighted by atomic mass is 10.2. The SMILES string of the molecule is O=c1cc(CN2CCN(c3cccc(Cl)c3)CC2)oc2ccccc12. The van der Waals surface area contributed by atoms with Gasteiger partial charge in [0.15, 0.2) is 5.43 Å². The molecule has 0 saturated carbocycles. The second-order valence-electron chi connectivity index (χ2n) is 6.32. The van der Waals surface area contributed by atoms with Gasteiger partial charge < -0.3 is 9.32 Å². The van der Waals surface area contributed by atoms with Crippen LogP contribution in [0.4, 0.5) is 5.69 Å². The molecular formula is C20H19ClN2O2. The van der Waals surface area contributed by atoms with E-state index in [1.54, 1.807) is 12.1 Å². The summed E-state index contributed by atoms with van der Waals surface area (Å²) < 4.78 is 5.90. The van der Waals surface area contributed by atoms with Crippen molar-refractivity contribution in [2.24, 2.45) is 0 Å². The minimum Gasteiger partial charge on any atom is -0.459 e. The van der Waals surface area contributed by atoms with Gasteiger partial charge in [0.2, 0.25) is 0 Å². The van der Waals surface area contributed by atoms with Crippen molar-refractivity contribution < 1.29 is 4.42 Å². The number of piperazine rings is 1. The molecule has 4 rings (SSSR count). The summed E-state index contributed by atoms with van der Waals surface area (Å²) in [6, 6.07) is 17.0. The summed E-state index contributed by atoms with van der Waals surface area (Å²) in [4.78, 5) is 16.9. The van der Waals surface area contributed by atoms with E-state index in [4.69, 9.17) is 16.0 Å². The monoisotopic (exact) mass is 354 g/mol. The Morgan fingerprint density at radius 1 is 0.960 bits per heavy atom. The molecule has 1 aliphatic heterocycles. The topological polar surface area (TPSA) is 36.7 Å². The molecule has 0 spiro atoms. The second-order valence-corrected chi connectivity index (χ2v) is 6.75. The third-order valence-corrected chi connectivity index (χ3v) is 4.85. The lowest BCUT2D eigenvalue weighted by Crippen LogP contribution is -2.46. The molecule has 1 aromatic heterocycles. The number of rotatable bonds is 3. The smallest absolute Gasteiger partial charge is 0.192 e. The van der Waals surface area contributed by atoms with E-state index in [0.29, 0.717) is 17.5 Å². The molecule has 0 atom stereocenters. The minimum absolute atomic E-state index is 0.0226. The van der Waals surface area contributed by atoms with E-state index in [-0.39, 0.29) is 5.43 Å². The van der Waals surface area contributed by atoms with Crippen LogP contribution >= 0.6 is 11.6 Å². The molecule has 0 amide bonds. The summed E-state index contributed by atoms with van der Waals surface area (Å²) in [5.41, 5.74) is 1.83. The van der Waals surface area contributed by atoms with Gasteiger partial charge in [-0.25, -0.2) is 0 Å². The maximum atomic E-state index is 12.2. The van der Waals surface area contributed by atoms with Crippen LogP contribution < -0.4 is 10.3 Å². The zero-order valence-corrected chi connectivity index (χ0v) is 14.6. The van der Waals surface area contributed by atoms with Crippen LogP contribution in [-0.4, -0.2) is 31.1 Å². The van der Waals surface area contributed by atoms with Gasteiger partial charge in [-0.05, 0) is 30.3 Å². The standard InChI is InChI=1S/C20H19ClN2O2/c21-15-4-3-5-16(12-15)23-10-8-22(9-11-23)14-17-13-19(24)18-6-1-2-7-20(18)25-17/h1-7,12-13H,8-11,14H2. The zero-order chi connectivity index (χ0) is 17.2. The molecule has 0 unspecified atom stereocenters. The Morgan fingerprint density at radius 3 is 2.56 bits per heavy atom. The first-order valence-corrected chi connectivity index (χ1v) is 8.81. The summed E-state index contributed by atoms with van der Waals surface area (Å²) in [7, 11) is 0. The number of anilines is 1. The van der Waals surface area contributed by atoms with Gasteiger partial charge in [0.25, 0.3) is 0 Å². The number of hydrogen-bond donors (Lipinski definition) is 0. The van der Waals surface area contributed by atoms with E-state index in [1.165, 1.54) is 0 Å². The number of fused-ring (bicyclic) bond motifs is 1. The van der Waals surface area contributed by atoms with E-state index in [2.05, 4.69) is 15.9 Å². The first kappa shape index (κ1) is 16.2. The second kappa shape index (κ2) is 6.90. The Kier molecular flexibility index (Phi) is 4.47. The van der Waals surface area contributed by atoms with Crippen molar-refractivity contribution in [3.63, 3.8) is 0 Å². The van der Waals surface area contributed by atoms with Gasteiger partial charge in [-0.1, -0.05) is 29.8 Å². The molecule has 4 nitrogen and oxygen atoms in total. The molecule has 2 aromatic carbocycles. The summed E-state index contributed by atoms with van der Waals surface area (Å²) in [6.45, 7) is 4.35. The number of halogens is 1. The average molecular weight is 355 g/mol.